The lowest BCUT2D eigenvalue weighted by Gasteiger charge is -2.10. The van der Waals surface area contributed by atoms with Crippen LogP contribution in [0.4, 0.5) is 21.9 Å². The molecular weight excluding hydrogens is 370 g/mol. The Labute approximate surface area is 160 Å². The van der Waals surface area contributed by atoms with Gasteiger partial charge in [-0.3, -0.25) is 20.2 Å². The predicted molar refractivity (Wildman–Crippen MR) is 101 cm³/mol. The molecule has 0 aliphatic carbocycles. The highest BCUT2D eigenvalue weighted by atomic mass is 16.6. The van der Waals surface area contributed by atoms with Crippen LogP contribution in [0, 0.1) is 10.1 Å². The average molecular weight is 389 g/mol. The van der Waals surface area contributed by atoms with Crippen LogP contribution in [0.25, 0.3) is 0 Å². The molecule has 2 rings (SSSR count). The molecule has 0 aromatic heterocycles. The topological polar surface area (TPSA) is 129 Å². The van der Waals surface area contributed by atoms with Gasteiger partial charge in [0.2, 0.25) is 0 Å². The van der Waals surface area contributed by atoms with Gasteiger partial charge in [-0.15, -0.1) is 0 Å². The second-order valence-corrected chi connectivity index (χ2v) is 5.43. The molecule has 0 atom stereocenters. The van der Waals surface area contributed by atoms with E-state index in [2.05, 4.69) is 10.6 Å². The number of nitrogens with zero attached hydrogens (tertiary/aromatic N) is 1. The third-order valence-electron chi connectivity index (χ3n) is 3.31. The normalized spacial score (nSPS) is 10.0. The molecule has 148 valence electrons. The van der Waals surface area contributed by atoms with E-state index in [-0.39, 0.29) is 31.3 Å². The van der Waals surface area contributed by atoms with Gasteiger partial charge < -0.3 is 19.5 Å². The first-order chi connectivity index (χ1) is 13.5. The van der Waals surface area contributed by atoms with Crippen molar-refractivity contribution >= 4 is 29.1 Å². The highest BCUT2D eigenvalue weighted by molar-refractivity contribution is 5.93. The molecule has 10 nitrogen and oxygen atoms in total. The van der Waals surface area contributed by atoms with Gasteiger partial charge in [0, 0.05) is 24.6 Å². The third-order valence-corrected chi connectivity index (χ3v) is 3.31. The number of rotatable bonds is 9. The van der Waals surface area contributed by atoms with E-state index in [4.69, 9.17) is 14.2 Å². The van der Waals surface area contributed by atoms with E-state index < -0.39 is 16.9 Å². The van der Waals surface area contributed by atoms with Crippen molar-refractivity contribution in [1.82, 2.24) is 0 Å². The van der Waals surface area contributed by atoms with E-state index >= 15 is 0 Å². The molecule has 0 aliphatic rings. The Morgan fingerprint density at radius 1 is 1.04 bits per heavy atom. The van der Waals surface area contributed by atoms with E-state index in [0.717, 1.165) is 0 Å². The molecule has 2 aromatic rings. The number of carbonyl (C=O) groups is 2. The van der Waals surface area contributed by atoms with Crippen LogP contribution in [0.2, 0.25) is 0 Å². The van der Waals surface area contributed by atoms with Gasteiger partial charge >= 0.3 is 6.09 Å². The maximum absolute atomic E-state index is 12.0. The summed E-state index contributed by atoms with van der Waals surface area (Å²) < 4.78 is 14.9. The van der Waals surface area contributed by atoms with Gasteiger partial charge in [-0.25, -0.2) is 4.79 Å². The van der Waals surface area contributed by atoms with Gasteiger partial charge in [-0.1, -0.05) is 12.1 Å². The Kier molecular flexibility index (Phi) is 7.73. The summed E-state index contributed by atoms with van der Waals surface area (Å²) in [5.41, 5.74) is 0.733. The Balaban J connectivity index is 1.86. The Morgan fingerprint density at radius 2 is 1.75 bits per heavy atom. The monoisotopic (exact) mass is 389 g/mol. The quantitative estimate of drug-likeness (QED) is 0.383. The molecule has 0 aliphatic heterocycles. The zero-order valence-electron chi connectivity index (χ0n) is 15.0. The lowest BCUT2D eigenvalue weighted by atomic mass is 10.2. The van der Waals surface area contributed by atoms with E-state index in [1.165, 1.54) is 31.4 Å². The second-order valence-electron chi connectivity index (χ2n) is 5.43. The minimum Gasteiger partial charge on any atom is -0.484 e. The fraction of sp³-hybridized carbons (Fsp3) is 0.222. The number of hydrogen-bond acceptors (Lipinski definition) is 7. The molecule has 10 heteroatoms. The first-order valence-electron chi connectivity index (χ1n) is 8.18. The second kappa shape index (κ2) is 10.5. The van der Waals surface area contributed by atoms with Crippen molar-refractivity contribution in [2.24, 2.45) is 0 Å². The van der Waals surface area contributed by atoms with E-state index in [0.29, 0.717) is 11.4 Å². The summed E-state index contributed by atoms with van der Waals surface area (Å²) in [5, 5.41) is 15.9. The number of nitro groups is 1. The van der Waals surface area contributed by atoms with Crippen molar-refractivity contribution in [1.29, 1.82) is 0 Å². The molecule has 28 heavy (non-hydrogen) atoms. The number of benzene rings is 2. The zero-order chi connectivity index (χ0) is 20.4. The number of nitrogens with one attached hydrogen (secondary N) is 2. The number of carbonyl (C=O) groups excluding carboxylic acids is 2. The van der Waals surface area contributed by atoms with Crippen LogP contribution in [0.15, 0.2) is 48.5 Å². The molecule has 0 saturated carbocycles. The number of anilines is 2. The number of nitro benzene ring substituents is 1. The minimum atomic E-state index is -0.644. The van der Waals surface area contributed by atoms with Gasteiger partial charge in [0.05, 0.1) is 17.6 Å². The van der Waals surface area contributed by atoms with Crippen LogP contribution >= 0.6 is 0 Å². The van der Waals surface area contributed by atoms with Gasteiger partial charge in [0.1, 0.15) is 12.4 Å². The maximum atomic E-state index is 12.0. The van der Waals surface area contributed by atoms with Gasteiger partial charge in [-0.2, -0.15) is 0 Å². The largest absolute Gasteiger partial charge is 0.484 e. The highest BCUT2D eigenvalue weighted by Gasteiger charge is 2.09. The summed E-state index contributed by atoms with van der Waals surface area (Å²) in [6.07, 6.45) is -0.644. The number of methoxy groups -OCH3 is 1. The fourth-order valence-electron chi connectivity index (χ4n) is 2.08. The Hall–Kier alpha value is -3.66. The van der Waals surface area contributed by atoms with Crippen molar-refractivity contribution in [3.05, 3.63) is 58.6 Å². The van der Waals surface area contributed by atoms with E-state index in [1.807, 2.05) is 0 Å². The van der Waals surface area contributed by atoms with Crippen molar-refractivity contribution in [3.8, 4) is 5.75 Å². The first kappa shape index (κ1) is 20.6. The molecule has 2 amide bonds. The molecule has 2 N–H and O–H groups in total. The van der Waals surface area contributed by atoms with Crippen LogP contribution in [0.1, 0.15) is 0 Å². The summed E-state index contributed by atoms with van der Waals surface area (Å²) in [4.78, 5) is 33.8. The minimum absolute atomic E-state index is 0.119. The molecule has 0 heterocycles. The molecule has 0 radical (unpaired) electrons. The van der Waals surface area contributed by atoms with Crippen molar-refractivity contribution < 1.29 is 28.7 Å². The molecule has 2 aromatic carbocycles. The predicted octanol–water partition coefficient (Wildman–Crippen LogP) is 2.81. The molecule has 0 bridgehead atoms. The molecule has 0 fully saturated rings. The van der Waals surface area contributed by atoms with Crippen LogP contribution in [0.3, 0.4) is 0 Å². The number of hydrogen-bond donors (Lipinski definition) is 2. The lowest BCUT2D eigenvalue weighted by Crippen LogP contribution is -2.20. The van der Waals surface area contributed by atoms with Gasteiger partial charge in [0.25, 0.3) is 11.6 Å². The van der Waals surface area contributed by atoms with Crippen LogP contribution in [-0.4, -0.2) is 43.9 Å². The van der Waals surface area contributed by atoms with E-state index in [9.17, 15) is 19.7 Å². The fourth-order valence-corrected chi connectivity index (χ4v) is 2.08. The average Bonchev–Trinajstić information content (AvgIpc) is 2.67. The zero-order valence-corrected chi connectivity index (χ0v) is 15.0. The van der Waals surface area contributed by atoms with Crippen LogP contribution in [0.5, 0.6) is 5.75 Å². The van der Waals surface area contributed by atoms with E-state index in [1.54, 1.807) is 24.3 Å². The summed E-state index contributed by atoms with van der Waals surface area (Å²) in [5.74, 6) is -0.259. The highest BCUT2D eigenvalue weighted by Crippen LogP contribution is 2.19. The smallest absolute Gasteiger partial charge is 0.411 e. The summed E-state index contributed by atoms with van der Waals surface area (Å²) in [7, 11) is 1.50. The molecular formula is C18H19N3O7. The lowest BCUT2D eigenvalue weighted by molar-refractivity contribution is -0.384. The Bertz CT molecular complexity index is 841. The van der Waals surface area contributed by atoms with Crippen molar-refractivity contribution in [2.45, 2.75) is 0 Å². The molecule has 0 saturated heterocycles. The third kappa shape index (κ3) is 6.92. The molecule has 0 spiro atoms. The summed E-state index contributed by atoms with van der Waals surface area (Å²) in [6.45, 7) is 0.0692. The van der Waals surface area contributed by atoms with Crippen LogP contribution < -0.4 is 15.4 Å². The number of amides is 2. The Morgan fingerprint density at radius 3 is 2.46 bits per heavy atom. The van der Waals surface area contributed by atoms with Crippen molar-refractivity contribution in [3.63, 3.8) is 0 Å². The van der Waals surface area contributed by atoms with Crippen LogP contribution in [-0.2, 0) is 14.3 Å². The maximum Gasteiger partial charge on any atom is 0.411 e. The summed E-state index contributed by atoms with van der Waals surface area (Å²) >= 11 is 0. The standard InChI is InChI=1S/C18H19N3O7/c1-26-8-9-27-18(23)20-14-5-2-4-13(10-14)19-17(22)12-28-16-7-3-6-15(11-16)21(24)25/h2-7,10-11H,8-9,12H2,1H3,(H,19,22)(H,20,23). The van der Waals surface area contributed by atoms with Gasteiger partial charge in [0.15, 0.2) is 6.61 Å². The summed E-state index contributed by atoms with van der Waals surface area (Å²) in [6, 6.07) is 12.0. The first-order valence-corrected chi connectivity index (χ1v) is 8.18. The SMILES string of the molecule is COCCOC(=O)Nc1cccc(NC(=O)COc2cccc([N+](=O)[O-])c2)c1. The molecule has 0 unspecified atom stereocenters. The van der Waals surface area contributed by atoms with Crippen molar-refractivity contribution in [2.75, 3.05) is 37.6 Å². The number of non-ortho nitro benzene ring substituents is 1. The number of ether oxygens (including phenoxy) is 3. The van der Waals surface area contributed by atoms with Gasteiger partial charge in [-0.05, 0) is 24.3 Å².